The molecule has 0 amide bonds. The minimum absolute atomic E-state index is 0.0673. The third-order valence-electron chi connectivity index (χ3n) is 2.70. The highest BCUT2D eigenvalue weighted by molar-refractivity contribution is 4.85. The number of rotatable bonds is 7. The molecule has 1 fully saturated rings. The zero-order chi connectivity index (χ0) is 10.6. The van der Waals surface area contributed by atoms with E-state index in [-0.39, 0.29) is 6.61 Å². The highest BCUT2D eigenvalue weighted by Crippen LogP contribution is 2.30. The Bertz CT molecular complexity index is 167. The molecule has 0 aromatic carbocycles. The van der Waals surface area contributed by atoms with E-state index in [1.54, 1.807) is 0 Å². The average molecular weight is 200 g/mol. The van der Waals surface area contributed by atoms with Crippen molar-refractivity contribution >= 4 is 0 Å². The summed E-state index contributed by atoms with van der Waals surface area (Å²) in [4.78, 5) is 2.40. The Labute approximate surface area is 87.3 Å². The van der Waals surface area contributed by atoms with E-state index in [1.165, 1.54) is 19.4 Å². The summed E-state index contributed by atoms with van der Waals surface area (Å²) in [6.45, 7) is 7.25. The lowest BCUT2D eigenvalue weighted by Crippen LogP contribution is -2.51. The zero-order valence-electron chi connectivity index (χ0n) is 9.50. The maximum absolute atomic E-state index is 9.11. The van der Waals surface area contributed by atoms with E-state index in [4.69, 9.17) is 10.8 Å². The van der Waals surface area contributed by atoms with Gasteiger partial charge >= 0.3 is 0 Å². The molecule has 14 heavy (non-hydrogen) atoms. The predicted octanol–water partition coefficient (Wildman–Crippen LogP) is 0.818. The van der Waals surface area contributed by atoms with Crippen LogP contribution in [-0.4, -0.2) is 41.8 Å². The van der Waals surface area contributed by atoms with Crippen molar-refractivity contribution in [1.82, 2.24) is 4.90 Å². The SMILES string of the molecule is CCCN(CC1CC1)CC(C)(N)CO. The van der Waals surface area contributed by atoms with Crippen LogP contribution < -0.4 is 5.73 Å². The minimum Gasteiger partial charge on any atom is -0.394 e. The summed E-state index contributed by atoms with van der Waals surface area (Å²) in [6.07, 6.45) is 3.91. The first-order chi connectivity index (χ1) is 6.57. The molecule has 0 aliphatic heterocycles. The van der Waals surface area contributed by atoms with Crippen LogP contribution in [-0.2, 0) is 0 Å². The Balaban J connectivity index is 2.32. The van der Waals surface area contributed by atoms with Crippen LogP contribution in [0.2, 0.25) is 0 Å². The first-order valence-corrected chi connectivity index (χ1v) is 5.69. The molecule has 1 unspecified atom stereocenters. The highest BCUT2D eigenvalue weighted by atomic mass is 16.3. The highest BCUT2D eigenvalue weighted by Gasteiger charge is 2.27. The number of hydrogen-bond acceptors (Lipinski definition) is 3. The van der Waals surface area contributed by atoms with Gasteiger partial charge in [0.15, 0.2) is 0 Å². The van der Waals surface area contributed by atoms with E-state index in [2.05, 4.69) is 11.8 Å². The molecule has 3 heteroatoms. The second kappa shape index (κ2) is 5.10. The van der Waals surface area contributed by atoms with Gasteiger partial charge in [0.2, 0.25) is 0 Å². The van der Waals surface area contributed by atoms with Crippen LogP contribution in [0.4, 0.5) is 0 Å². The summed E-state index contributed by atoms with van der Waals surface area (Å²) >= 11 is 0. The molecule has 1 rings (SSSR count). The zero-order valence-corrected chi connectivity index (χ0v) is 9.50. The molecule has 84 valence electrons. The first kappa shape index (κ1) is 12.0. The van der Waals surface area contributed by atoms with Crippen molar-refractivity contribution in [3.8, 4) is 0 Å². The van der Waals surface area contributed by atoms with Crippen molar-refractivity contribution in [2.45, 2.75) is 38.6 Å². The van der Waals surface area contributed by atoms with E-state index < -0.39 is 5.54 Å². The van der Waals surface area contributed by atoms with Gasteiger partial charge in [0, 0.05) is 18.6 Å². The fraction of sp³-hybridized carbons (Fsp3) is 1.00. The molecule has 3 N–H and O–H groups in total. The fourth-order valence-electron chi connectivity index (χ4n) is 1.78. The molecule has 0 radical (unpaired) electrons. The van der Waals surface area contributed by atoms with Crippen molar-refractivity contribution in [2.75, 3.05) is 26.2 Å². The van der Waals surface area contributed by atoms with E-state index in [0.717, 1.165) is 25.4 Å². The molecule has 3 nitrogen and oxygen atoms in total. The van der Waals surface area contributed by atoms with Crippen LogP contribution >= 0.6 is 0 Å². The van der Waals surface area contributed by atoms with Crippen LogP contribution in [0, 0.1) is 5.92 Å². The molecule has 0 aromatic rings. The molecule has 0 bridgehead atoms. The lowest BCUT2D eigenvalue weighted by atomic mass is 10.0. The third kappa shape index (κ3) is 4.40. The second-order valence-electron chi connectivity index (χ2n) is 4.99. The van der Waals surface area contributed by atoms with E-state index in [1.807, 2.05) is 6.92 Å². The van der Waals surface area contributed by atoms with Crippen molar-refractivity contribution in [2.24, 2.45) is 11.7 Å². The Morgan fingerprint density at radius 2 is 2.14 bits per heavy atom. The van der Waals surface area contributed by atoms with Crippen LogP contribution in [0.15, 0.2) is 0 Å². The number of aliphatic hydroxyl groups excluding tert-OH is 1. The predicted molar refractivity (Wildman–Crippen MR) is 59.1 cm³/mol. The Hall–Kier alpha value is -0.120. The Kier molecular flexibility index (Phi) is 4.35. The van der Waals surface area contributed by atoms with Crippen molar-refractivity contribution in [1.29, 1.82) is 0 Å². The number of nitrogens with zero attached hydrogens (tertiary/aromatic N) is 1. The quantitative estimate of drug-likeness (QED) is 0.639. The van der Waals surface area contributed by atoms with Crippen LogP contribution in [0.5, 0.6) is 0 Å². The summed E-state index contributed by atoms with van der Waals surface area (Å²) in [5, 5.41) is 9.11. The van der Waals surface area contributed by atoms with Gasteiger partial charge in [-0.05, 0) is 38.6 Å². The van der Waals surface area contributed by atoms with Crippen LogP contribution in [0.3, 0.4) is 0 Å². The molecule has 0 saturated heterocycles. The monoisotopic (exact) mass is 200 g/mol. The Morgan fingerprint density at radius 3 is 2.57 bits per heavy atom. The van der Waals surface area contributed by atoms with Gasteiger partial charge in [-0.25, -0.2) is 0 Å². The Morgan fingerprint density at radius 1 is 1.50 bits per heavy atom. The fourth-order valence-corrected chi connectivity index (χ4v) is 1.78. The molecule has 0 spiro atoms. The maximum Gasteiger partial charge on any atom is 0.0621 e. The molecule has 1 saturated carbocycles. The summed E-state index contributed by atoms with van der Waals surface area (Å²) in [5.41, 5.74) is 5.51. The van der Waals surface area contributed by atoms with Crippen LogP contribution in [0.1, 0.15) is 33.1 Å². The maximum atomic E-state index is 9.11. The van der Waals surface area contributed by atoms with Gasteiger partial charge < -0.3 is 15.7 Å². The normalized spacial score (nSPS) is 21.2. The van der Waals surface area contributed by atoms with Gasteiger partial charge in [-0.15, -0.1) is 0 Å². The molecule has 0 aromatic heterocycles. The molecular weight excluding hydrogens is 176 g/mol. The number of hydrogen-bond donors (Lipinski definition) is 2. The van der Waals surface area contributed by atoms with Gasteiger partial charge in [0.05, 0.1) is 6.61 Å². The van der Waals surface area contributed by atoms with Crippen molar-refractivity contribution in [3.63, 3.8) is 0 Å². The summed E-state index contributed by atoms with van der Waals surface area (Å²) in [7, 11) is 0. The van der Waals surface area contributed by atoms with Crippen molar-refractivity contribution < 1.29 is 5.11 Å². The standard InChI is InChI=1S/C11H24N2O/c1-3-6-13(7-10-4-5-10)8-11(2,12)9-14/h10,14H,3-9,12H2,1-2H3. The lowest BCUT2D eigenvalue weighted by molar-refractivity contribution is 0.144. The number of nitrogens with two attached hydrogens (primary N) is 1. The van der Waals surface area contributed by atoms with Crippen molar-refractivity contribution in [3.05, 3.63) is 0 Å². The average Bonchev–Trinajstić information content (AvgIpc) is 2.88. The molecule has 1 aliphatic carbocycles. The van der Waals surface area contributed by atoms with Gasteiger partial charge in [-0.1, -0.05) is 6.92 Å². The summed E-state index contributed by atoms with van der Waals surface area (Å²) in [5.74, 6) is 0.899. The second-order valence-corrected chi connectivity index (χ2v) is 4.99. The molecule has 1 aliphatic rings. The molecule has 0 heterocycles. The van der Waals surface area contributed by atoms with Gasteiger partial charge in [-0.3, -0.25) is 0 Å². The topological polar surface area (TPSA) is 49.5 Å². The number of aliphatic hydroxyl groups is 1. The van der Waals surface area contributed by atoms with Gasteiger partial charge in [-0.2, -0.15) is 0 Å². The van der Waals surface area contributed by atoms with E-state index in [9.17, 15) is 0 Å². The largest absolute Gasteiger partial charge is 0.394 e. The van der Waals surface area contributed by atoms with E-state index >= 15 is 0 Å². The van der Waals surface area contributed by atoms with E-state index in [0.29, 0.717) is 0 Å². The van der Waals surface area contributed by atoms with Gasteiger partial charge in [0.1, 0.15) is 0 Å². The third-order valence-corrected chi connectivity index (χ3v) is 2.70. The molecule has 1 atom stereocenters. The lowest BCUT2D eigenvalue weighted by Gasteiger charge is -2.31. The van der Waals surface area contributed by atoms with Crippen LogP contribution in [0.25, 0.3) is 0 Å². The first-order valence-electron chi connectivity index (χ1n) is 5.69. The summed E-state index contributed by atoms with van der Waals surface area (Å²) in [6, 6.07) is 0. The summed E-state index contributed by atoms with van der Waals surface area (Å²) < 4.78 is 0. The smallest absolute Gasteiger partial charge is 0.0621 e. The van der Waals surface area contributed by atoms with Gasteiger partial charge in [0.25, 0.3) is 0 Å². The minimum atomic E-state index is -0.440. The molecular formula is C11H24N2O.